The second-order valence-corrected chi connectivity index (χ2v) is 4.13. The molecule has 0 radical (unpaired) electrons. The molecule has 1 aromatic carbocycles. The summed E-state index contributed by atoms with van der Waals surface area (Å²) in [6.45, 7) is -0.456. The fraction of sp³-hybridized carbons (Fsp3) is 0.308. The molecule has 0 aromatic heterocycles. The molecule has 0 fully saturated rings. The van der Waals surface area contributed by atoms with Crippen molar-refractivity contribution in [2.45, 2.75) is 18.9 Å². The molecule has 0 saturated heterocycles. The maximum absolute atomic E-state index is 12.6. The Balaban J connectivity index is 2.44. The Morgan fingerprint density at radius 2 is 1.81 bits per heavy atom. The minimum Gasteiger partial charge on any atom is -0.484 e. The van der Waals surface area contributed by atoms with Crippen molar-refractivity contribution >= 4 is 17.8 Å². The van der Waals surface area contributed by atoms with Crippen molar-refractivity contribution in [1.29, 1.82) is 0 Å². The number of rotatable bonds is 8. The van der Waals surface area contributed by atoms with E-state index in [1.54, 1.807) is 0 Å². The molecule has 8 heteroatoms. The van der Waals surface area contributed by atoms with Crippen molar-refractivity contribution in [3.05, 3.63) is 30.1 Å². The first-order valence-corrected chi connectivity index (χ1v) is 6.01. The van der Waals surface area contributed by atoms with Crippen LogP contribution in [0.4, 0.5) is 4.39 Å². The van der Waals surface area contributed by atoms with Gasteiger partial charge in [0.25, 0.3) is 5.91 Å². The van der Waals surface area contributed by atoms with Gasteiger partial charge in [0.05, 0.1) is 0 Å². The summed E-state index contributed by atoms with van der Waals surface area (Å²) in [6.07, 6.45) is -0.608. The van der Waals surface area contributed by atoms with E-state index in [1.165, 1.54) is 12.1 Å². The van der Waals surface area contributed by atoms with Gasteiger partial charge < -0.3 is 20.3 Å². The Labute approximate surface area is 119 Å². The summed E-state index contributed by atoms with van der Waals surface area (Å²) < 4.78 is 17.7. The van der Waals surface area contributed by atoms with Crippen molar-refractivity contribution < 1.29 is 33.7 Å². The maximum atomic E-state index is 12.6. The topological polar surface area (TPSA) is 113 Å². The standard InChI is InChI=1S/C13H14FNO6/c14-8-1-3-9(4-2-8)21-7-11(16)15-10(13(19)20)5-6-12(17)18/h1-4,10H,5-7H2,(H,15,16)(H,17,18)(H,19,20). The molecule has 0 aliphatic rings. The zero-order chi connectivity index (χ0) is 15.8. The Morgan fingerprint density at radius 1 is 1.19 bits per heavy atom. The number of benzene rings is 1. The van der Waals surface area contributed by atoms with Gasteiger partial charge in [0.15, 0.2) is 6.61 Å². The van der Waals surface area contributed by atoms with E-state index in [9.17, 15) is 18.8 Å². The van der Waals surface area contributed by atoms with Crippen LogP contribution in [0.5, 0.6) is 5.75 Å². The molecule has 1 rings (SSSR count). The number of amides is 1. The van der Waals surface area contributed by atoms with Crippen molar-refractivity contribution in [2.75, 3.05) is 6.61 Å². The van der Waals surface area contributed by atoms with Gasteiger partial charge in [-0.3, -0.25) is 9.59 Å². The fourth-order valence-corrected chi connectivity index (χ4v) is 1.44. The van der Waals surface area contributed by atoms with E-state index in [2.05, 4.69) is 5.32 Å². The molecule has 114 valence electrons. The predicted octanol–water partition coefficient (Wildman–Crippen LogP) is 0.639. The number of hydrogen-bond donors (Lipinski definition) is 3. The number of carbonyl (C=O) groups excluding carboxylic acids is 1. The molecule has 7 nitrogen and oxygen atoms in total. The molecule has 1 unspecified atom stereocenters. The number of aliphatic carboxylic acids is 2. The summed E-state index contributed by atoms with van der Waals surface area (Å²) >= 11 is 0. The minimum absolute atomic E-state index is 0.229. The highest BCUT2D eigenvalue weighted by Crippen LogP contribution is 2.10. The highest BCUT2D eigenvalue weighted by molar-refractivity contribution is 5.84. The number of ether oxygens (including phenoxy) is 1. The van der Waals surface area contributed by atoms with E-state index >= 15 is 0 Å². The van der Waals surface area contributed by atoms with Crippen LogP contribution >= 0.6 is 0 Å². The summed E-state index contributed by atoms with van der Waals surface area (Å²) in [7, 11) is 0. The van der Waals surface area contributed by atoms with Gasteiger partial charge >= 0.3 is 11.9 Å². The van der Waals surface area contributed by atoms with Crippen molar-refractivity contribution in [1.82, 2.24) is 5.32 Å². The van der Waals surface area contributed by atoms with Crippen LogP contribution in [-0.2, 0) is 14.4 Å². The lowest BCUT2D eigenvalue weighted by Gasteiger charge is -2.13. The maximum Gasteiger partial charge on any atom is 0.326 e. The van der Waals surface area contributed by atoms with Crippen LogP contribution in [0.2, 0.25) is 0 Å². The first-order chi connectivity index (χ1) is 9.88. The molecule has 0 bridgehead atoms. The van der Waals surface area contributed by atoms with Gasteiger partial charge in [-0.15, -0.1) is 0 Å². The Hall–Kier alpha value is -2.64. The molecule has 1 atom stereocenters. The Morgan fingerprint density at radius 3 is 2.33 bits per heavy atom. The van der Waals surface area contributed by atoms with E-state index in [4.69, 9.17) is 14.9 Å². The van der Waals surface area contributed by atoms with Crippen molar-refractivity contribution in [3.63, 3.8) is 0 Å². The normalized spacial score (nSPS) is 11.5. The molecule has 3 N–H and O–H groups in total. The fourth-order valence-electron chi connectivity index (χ4n) is 1.44. The number of halogens is 1. The van der Waals surface area contributed by atoms with Gasteiger partial charge in [-0.05, 0) is 30.7 Å². The van der Waals surface area contributed by atoms with Crippen LogP contribution in [0, 0.1) is 5.82 Å². The molecular weight excluding hydrogens is 285 g/mol. The van der Waals surface area contributed by atoms with E-state index in [0.717, 1.165) is 12.1 Å². The zero-order valence-electron chi connectivity index (χ0n) is 10.9. The summed E-state index contributed by atoms with van der Waals surface area (Å²) in [5, 5.41) is 19.5. The number of nitrogens with one attached hydrogen (secondary N) is 1. The van der Waals surface area contributed by atoms with E-state index < -0.39 is 36.3 Å². The first kappa shape index (κ1) is 16.4. The highest BCUT2D eigenvalue weighted by atomic mass is 19.1. The van der Waals surface area contributed by atoms with Crippen LogP contribution in [-0.4, -0.2) is 40.7 Å². The third-order valence-corrected chi connectivity index (χ3v) is 2.46. The average molecular weight is 299 g/mol. The molecule has 0 heterocycles. The van der Waals surface area contributed by atoms with E-state index in [-0.39, 0.29) is 18.6 Å². The molecule has 1 aromatic rings. The molecule has 1 amide bonds. The number of hydrogen-bond acceptors (Lipinski definition) is 4. The van der Waals surface area contributed by atoms with E-state index in [1.807, 2.05) is 0 Å². The second-order valence-electron chi connectivity index (χ2n) is 4.13. The zero-order valence-corrected chi connectivity index (χ0v) is 10.9. The number of carboxylic acid groups (broad SMARTS) is 2. The Bertz CT molecular complexity index is 516. The van der Waals surface area contributed by atoms with Gasteiger partial charge in [-0.2, -0.15) is 0 Å². The molecule has 0 spiro atoms. The van der Waals surface area contributed by atoms with Gasteiger partial charge in [0, 0.05) is 6.42 Å². The smallest absolute Gasteiger partial charge is 0.326 e. The first-order valence-electron chi connectivity index (χ1n) is 6.01. The molecule has 21 heavy (non-hydrogen) atoms. The quantitative estimate of drug-likeness (QED) is 0.649. The van der Waals surface area contributed by atoms with Gasteiger partial charge in [0.1, 0.15) is 17.6 Å². The Kier molecular flexibility index (Phi) is 6.12. The molecule has 0 saturated carbocycles. The summed E-state index contributed by atoms with van der Waals surface area (Å²) in [5.41, 5.74) is 0. The van der Waals surface area contributed by atoms with Gasteiger partial charge in [0.2, 0.25) is 0 Å². The second kappa shape index (κ2) is 7.83. The predicted molar refractivity (Wildman–Crippen MR) is 68.3 cm³/mol. The highest BCUT2D eigenvalue weighted by Gasteiger charge is 2.21. The summed E-state index contributed by atoms with van der Waals surface area (Å²) in [4.78, 5) is 32.8. The van der Waals surface area contributed by atoms with Gasteiger partial charge in [-0.1, -0.05) is 0 Å². The summed E-state index contributed by atoms with van der Waals surface area (Å²) in [5.74, 6) is -3.39. The lowest BCUT2D eigenvalue weighted by atomic mass is 10.1. The van der Waals surface area contributed by atoms with Crippen LogP contribution in [0.15, 0.2) is 24.3 Å². The van der Waals surface area contributed by atoms with Gasteiger partial charge in [-0.25, -0.2) is 9.18 Å². The van der Waals surface area contributed by atoms with Crippen molar-refractivity contribution in [3.8, 4) is 5.75 Å². The molecule has 0 aliphatic carbocycles. The van der Waals surface area contributed by atoms with Crippen LogP contribution in [0.1, 0.15) is 12.8 Å². The van der Waals surface area contributed by atoms with Crippen LogP contribution < -0.4 is 10.1 Å². The molecular formula is C13H14FNO6. The average Bonchev–Trinajstić information content (AvgIpc) is 2.42. The lowest BCUT2D eigenvalue weighted by Crippen LogP contribution is -2.43. The lowest BCUT2D eigenvalue weighted by molar-refractivity contribution is -0.143. The van der Waals surface area contributed by atoms with Crippen LogP contribution in [0.25, 0.3) is 0 Å². The van der Waals surface area contributed by atoms with Crippen LogP contribution in [0.3, 0.4) is 0 Å². The monoisotopic (exact) mass is 299 g/mol. The van der Waals surface area contributed by atoms with Crippen molar-refractivity contribution in [2.24, 2.45) is 0 Å². The number of carboxylic acids is 2. The minimum atomic E-state index is -1.33. The largest absolute Gasteiger partial charge is 0.484 e. The van der Waals surface area contributed by atoms with E-state index in [0.29, 0.717) is 0 Å². The third-order valence-electron chi connectivity index (χ3n) is 2.46. The summed E-state index contributed by atoms with van der Waals surface area (Å²) in [6, 6.07) is 3.65. The molecule has 0 aliphatic heterocycles. The SMILES string of the molecule is O=C(O)CCC(NC(=O)COc1ccc(F)cc1)C(=O)O. The number of carbonyl (C=O) groups is 3. The third kappa shape index (κ3) is 6.37.